The average molecular weight is 293 g/mol. The van der Waals surface area contributed by atoms with Gasteiger partial charge in [-0.3, -0.25) is 0 Å². The van der Waals surface area contributed by atoms with Crippen molar-refractivity contribution in [3.05, 3.63) is 17.7 Å². The second-order valence-electron chi connectivity index (χ2n) is 6.48. The molecule has 1 aromatic rings. The molecule has 0 radical (unpaired) electrons. The van der Waals surface area contributed by atoms with Crippen molar-refractivity contribution in [1.82, 2.24) is 9.97 Å². The minimum atomic E-state index is -1.02. The highest BCUT2D eigenvalue weighted by molar-refractivity contribution is 5.91. The van der Waals surface area contributed by atoms with Gasteiger partial charge in [-0.2, -0.15) is 0 Å². The van der Waals surface area contributed by atoms with E-state index < -0.39 is 5.97 Å². The predicted octanol–water partition coefficient (Wildman–Crippen LogP) is 3.64. The molecule has 0 spiro atoms. The first-order chi connectivity index (χ1) is 9.73. The molecule has 5 nitrogen and oxygen atoms in total. The fraction of sp³-hybridized carbons (Fsp3) is 0.688. The summed E-state index contributed by atoms with van der Waals surface area (Å²) in [7, 11) is 0. The Balaban J connectivity index is 2.95. The Labute approximate surface area is 127 Å². The smallest absolute Gasteiger partial charge is 0.356 e. The second kappa shape index (κ2) is 7.38. The summed E-state index contributed by atoms with van der Waals surface area (Å²) in [5.41, 5.74) is 0.554. The zero-order chi connectivity index (χ0) is 16.2. The summed E-state index contributed by atoms with van der Waals surface area (Å²) in [6.45, 7) is 13.3. The standard InChI is InChI=1S/C16H27N3O2/c1-9(2)12(10(3)4)7-17-13-8-18-15(11(5)6)19-14(13)16(20)21/h8-12,17H,7H2,1-6H3,(H,20,21). The zero-order valence-corrected chi connectivity index (χ0v) is 13.8. The van der Waals surface area contributed by atoms with Crippen LogP contribution in [0.1, 0.15) is 63.8 Å². The summed E-state index contributed by atoms with van der Waals surface area (Å²) >= 11 is 0. The lowest BCUT2D eigenvalue weighted by Gasteiger charge is -2.25. The molecule has 21 heavy (non-hydrogen) atoms. The third-order valence-corrected chi connectivity index (χ3v) is 3.77. The monoisotopic (exact) mass is 293 g/mol. The molecule has 0 unspecified atom stereocenters. The number of carbonyl (C=O) groups is 1. The van der Waals surface area contributed by atoms with Crippen molar-refractivity contribution >= 4 is 11.7 Å². The molecule has 1 rings (SSSR count). The van der Waals surface area contributed by atoms with Gasteiger partial charge in [0.25, 0.3) is 0 Å². The number of carboxylic acids is 1. The predicted molar refractivity (Wildman–Crippen MR) is 84.7 cm³/mol. The van der Waals surface area contributed by atoms with E-state index in [0.717, 1.165) is 6.54 Å². The van der Waals surface area contributed by atoms with Gasteiger partial charge >= 0.3 is 5.97 Å². The van der Waals surface area contributed by atoms with E-state index in [1.807, 2.05) is 13.8 Å². The van der Waals surface area contributed by atoms with Crippen molar-refractivity contribution in [2.75, 3.05) is 11.9 Å². The number of anilines is 1. The van der Waals surface area contributed by atoms with Gasteiger partial charge in [-0.15, -0.1) is 0 Å². The van der Waals surface area contributed by atoms with Crippen LogP contribution in [-0.2, 0) is 0 Å². The summed E-state index contributed by atoms with van der Waals surface area (Å²) in [6.07, 6.45) is 1.59. The molecule has 1 heterocycles. The van der Waals surface area contributed by atoms with Gasteiger partial charge in [0.15, 0.2) is 5.69 Å². The second-order valence-corrected chi connectivity index (χ2v) is 6.48. The number of carboxylic acid groups (broad SMARTS) is 1. The molecule has 118 valence electrons. The molecule has 1 aromatic heterocycles. The van der Waals surface area contributed by atoms with Crippen molar-refractivity contribution in [3.63, 3.8) is 0 Å². The van der Waals surface area contributed by atoms with E-state index in [9.17, 15) is 9.90 Å². The SMILES string of the molecule is CC(C)c1ncc(NCC(C(C)C)C(C)C)c(C(=O)O)n1. The van der Waals surface area contributed by atoms with E-state index in [-0.39, 0.29) is 11.6 Å². The van der Waals surface area contributed by atoms with E-state index in [1.165, 1.54) is 0 Å². The number of aromatic nitrogens is 2. The molecule has 0 saturated heterocycles. The van der Waals surface area contributed by atoms with Gasteiger partial charge in [0.2, 0.25) is 0 Å². The molecule has 0 aliphatic rings. The van der Waals surface area contributed by atoms with Crippen LogP contribution >= 0.6 is 0 Å². The Morgan fingerprint density at radius 3 is 2.19 bits per heavy atom. The highest BCUT2D eigenvalue weighted by Crippen LogP contribution is 2.22. The van der Waals surface area contributed by atoms with Crippen molar-refractivity contribution in [2.24, 2.45) is 17.8 Å². The summed E-state index contributed by atoms with van der Waals surface area (Å²) in [5.74, 6) is 1.17. The fourth-order valence-electron chi connectivity index (χ4n) is 2.44. The molecule has 2 N–H and O–H groups in total. The van der Waals surface area contributed by atoms with Crippen LogP contribution in [0.2, 0.25) is 0 Å². The number of aromatic carboxylic acids is 1. The molecular formula is C16H27N3O2. The minimum absolute atomic E-state index is 0.0555. The first kappa shape index (κ1) is 17.4. The molecule has 0 saturated carbocycles. The van der Waals surface area contributed by atoms with Crippen molar-refractivity contribution in [1.29, 1.82) is 0 Å². The molecule has 0 bridgehead atoms. The van der Waals surface area contributed by atoms with Crippen LogP contribution in [0.3, 0.4) is 0 Å². The molecular weight excluding hydrogens is 266 g/mol. The van der Waals surface area contributed by atoms with Gasteiger partial charge in [-0.1, -0.05) is 41.5 Å². The van der Waals surface area contributed by atoms with Crippen LogP contribution in [0.15, 0.2) is 6.20 Å². The van der Waals surface area contributed by atoms with E-state index in [4.69, 9.17) is 0 Å². The Hall–Kier alpha value is -1.65. The lowest BCUT2D eigenvalue weighted by atomic mass is 9.85. The highest BCUT2D eigenvalue weighted by atomic mass is 16.4. The third-order valence-electron chi connectivity index (χ3n) is 3.77. The number of nitrogens with one attached hydrogen (secondary N) is 1. The van der Waals surface area contributed by atoms with Crippen LogP contribution in [0.4, 0.5) is 5.69 Å². The number of hydrogen-bond acceptors (Lipinski definition) is 4. The van der Waals surface area contributed by atoms with E-state index >= 15 is 0 Å². The van der Waals surface area contributed by atoms with E-state index in [2.05, 4.69) is 43.0 Å². The summed E-state index contributed by atoms with van der Waals surface area (Å²) < 4.78 is 0. The van der Waals surface area contributed by atoms with Crippen LogP contribution in [-0.4, -0.2) is 27.6 Å². The first-order valence-electron chi connectivity index (χ1n) is 7.58. The van der Waals surface area contributed by atoms with E-state index in [1.54, 1.807) is 6.20 Å². The highest BCUT2D eigenvalue weighted by Gasteiger charge is 2.20. The van der Waals surface area contributed by atoms with Gasteiger partial charge in [0, 0.05) is 12.5 Å². The van der Waals surface area contributed by atoms with Crippen LogP contribution in [0.25, 0.3) is 0 Å². The van der Waals surface area contributed by atoms with Gasteiger partial charge in [0.05, 0.1) is 11.9 Å². The van der Waals surface area contributed by atoms with Gasteiger partial charge in [0.1, 0.15) is 5.82 Å². The molecule has 5 heteroatoms. The van der Waals surface area contributed by atoms with Gasteiger partial charge < -0.3 is 10.4 Å². The lowest BCUT2D eigenvalue weighted by molar-refractivity contribution is 0.0691. The number of hydrogen-bond donors (Lipinski definition) is 2. The molecule has 0 aromatic carbocycles. The summed E-state index contributed by atoms with van der Waals surface area (Å²) in [5, 5.41) is 12.5. The summed E-state index contributed by atoms with van der Waals surface area (Å²) in [4.78, 5) is 19.8. The van der Waals surface area contributed by atoms with Crippen molar-refractivity contribution in [2.45, 2.75) is 47.5 Å². The molecule has 0 aliphatic carbocycles. The maximum absolute atomic E-state index is 11.4. The third kappa shape index (κ3) is 4.69. The minimum Gasteiger partial charge on any atom is -0.476 e. The maximum Gasteiger partial charge on any atom is 0.356 e. The molecule has 0 amide bonds. The lowest BCUT2D eigenvalue weighted by Crippen LogP contribution is -2.25. The average Bonchev–Trinajstić information content (AvgIpc) is 2.37. The van der Waals surface area contributed by atoms with Crippen molar-refractivity contribution in [3.8, 4) is 0 Å². The van der Waals surface area contributed by atoms with Crippen molar-refractivity contribution < 1.29 is 9.90 Å². The quantitative estimate of drug-likeness (QED) is 0.802. The number of nitrogens with zero attached hydrogens (tertiary/aromatic N) is 2. The summed E-state index contributed by atoms with van der Waals surface area (Å²) in [6, 6.07) is 0. The Morgan fingerprint density at radius 2 is 1.76 bits per heavy atom. The maximum atomic E-state index is 11.4. The normalized spacial score (nSPS) is 11.7. The van der Waals surface area contributed by atoms with Crippen LogP contribution < -0.4 is 5.32 Å². The number of rotatable bonds is 7. The molecule has 0 atom stereocenters. The fourth-order valence-corrected chi connectivity index (χ4v) is 2.44. The van der Waals surface area contributed by atoms with Crippen LogP contribution in [0.5, 0.6) is 0 Å². The van der Waals surface area contributed by atoms with Gasteiger partial charge in [-0.25, -0.2) is 14.8 Å². The van der Waals surface area contributed by atoms with Gasteiger partial charge in [-0.05, 0) is 17.8 Å². The molecule has 0 fully saturated rings. The van der Waals surface area contributed by atoms with Crippen LogP contribution in [0, 0.1) is 17.8 Å². The Morgan fingerprint density at radius 1 is 1.19 bits per heavy atom. The Bertz CT molecular complexity index is 476. The van der Waals surface area contributed by atoms with E-state index in [0.29, 0.717) is 29.3 Å². The Kier molecular flexibility index (Phi) is 6.12. The topological polar surface area (TPSA) is 75.1 Å². The zero-order valence-electron chi connectivity index (χ0n) is 13.8. The first-order valence-corrected chi connectivity index (χ1v) is 7.58. The largest absolute Gasteiger partial charge is 0.476 e. The molecule has 0 aliphatic heterocycles.